The molecule has 4 nitrogen and oxygen atoms in total. The van der Waals surface area contributed by atoms with E-state index in [0.717, 1.165) is 5.56 Å². The first-order chi connectivity index (χ1) is 11.0. The lowest BCUT2D eigenvalue weighted by Crippen LogP contribution is -2.86. The maximum Gasteiger partial charge on any atom is 0.279 e. The van der Waals surface area contributed by atoms with E-state index in [9.17, 15) is 4.79 Å². The van der Waals surface area contributed by atoms with Crippen LogP contribution in [0.1, 0.15) is 24.1 Å². The van der Waals surface area contributed by atoms with Crippen molar-refractivity contribution in [3.63, 3.8) is 0 Å². The number of para-hydroxylation sites is 1. The number of carbonyl (C=O) groups excluding carboxylic acids is 1. The maximum absolute atomic E-state index is 12.0. The van der Waals surface area contributed by atoms with Crippen molar-refractivity contribution < 1.29 is 10.1 Å². The van der Waals surface area contributed by atoms with Crippen LogP contribution in [0.5, 0.6) is 0 Å². The molecule has 0 aromatic heterocycles. The number of hydrogen-bond donors (Lipinski definition) is 2. The summed E-state index contributed by atoms with van der Waals surface area (Å²) in [7, 11) is 0. The average molecular weight is 349 g/mol. The fourth-order valence-corrected chi connectivity index (χ4v) is 2.75. The van der Waals surface area contributed by atoms with Crippen LogP contribution in [0, 0.1) is 11.3 Å². The third-order valence-corrected chi connectivity index (χ3v) is 3.99. The molecule has 0 fully saturated rings. The molecule has 0 heterocycles. The van der Waals surface area contributed by atoms with Gasteiger partial charge in [-0.25, -0.2) is 0 Å². The number of nitrogens with zero attached hydrogens (tertiary/aromatic N) is 1. The molecule has 0 spiro atoms. The zero-order valence-corrected chi connectivity index (χ0v) is 14.0. The SMILES string of the molecule is C[C@H]([NH2+]CC(=O)Nc1ccccc1C#N)c1ccc(Cl)cc1Cl. The van der Waals surface area contributed by atoms with E-state index in [-0.39, 0.29) is 18.5 Å². The lowest BCUT2D eigenvalue weighted by molar-refractivity contribution is -0.682. The maximum atomic E-state index is 12.0. The highest BCUT2D eigenvalue weighted by Crippen LogP contribution is 2.24. The first-order valence-electron chi connectivity index (χ1n) is 7.08. The number of benzene rings is 2. The van der Waals surface area contributed by atoms with Crippen molar-refractivity contribution in [3.05, 3.63) is 63.6 Å². The van der Waals surface area contributed by atoms with E-state index in [0.29, 0.717) is 21.3 Å². The molecule has 0 aliphatic heterocycles. The van der Waals surface area contributed by atoms with E-state index in [2.05, 4.69) is 5.32 Å². The van der Waals surface area contributed by atoms with Crippen LogP contribution < -0.4 is 10.6 Å². The Bertz CT molecular complexity index is 756. The van der Waals surface area contributed by atoms with Gasteiger partial charge in [0.25, 0.3) is 5.91 Å². The summed E-state index contributed by atoms with van der Waals surface area (Å²) in [5.74, 6) is -0.176. The van der Waals surface area contributed by atoms with E-state index in [1.807, 2.05) is 24.4 Å². The van der Waals surface area contributed by atoms with Crippen LogP contribution in [0.3, 0.4) is 0 Å². The second-order valence-corrected chi connectivity index (χ2v) is 5.94. The van der Waals surface area contributed by atoms with Crippen LogP contribution in [0.25, 0.3) is 0 Å². The Kier molecular flexibility index (Phi) is 6.00. The second-order valence-electron chi connectivity index (χ2n) is 5.10. The van der Waals surface area contributed by atoms with Crippen LogP contribution in [-0.4, -0.2) is 12.5 Å². The Morgan fingerprint density at radius 2 is 2.04 bits per heavy atom. The Labute approximate surface area is 145 Å². The van der Waals surface area contributed by atoms with Gasteiger partial charge in [-0.15, -0.1) is 0 Å². The summed E-state index contributed by atoms with van der Waals surface area (Å²) in [6.45, 7) is 2.19. The van der Waals surface area contributed by atoms with E-state index in [4.69, 9.17) is 28.5 Å². The first kappa shape index (κ1) is 17.3. The zero-order chi connectivity index (χ0) is 16.8. The average Bonchev–Trinajstić information content (AvgIpc) is 2.53. The van der Waals surface area contributed by atoms with Crippen LogP contribution in [-0.2, 0) is 4.79 Å². The molecule has 0 saturated carbocycles. The minimum atomic E-state index is -0.176. The molecule has 1 atom stereocenters. The summed E-state index contributed by atoms with van der Waals surface area (Å²) in [4.78, 5) is 12.0. The Hall–Kier alpha value is -2.06. The van der Waals surface area contributed by atoms with Gasteiger partial charge in [0.2, 0.25) is 0 Å². The molecule has 6 heteroatoms. The lowest BCUT2D eigenvalue weighted by atomic mass is 10.1. The largest absolute Gasteiger partial charge is 0.332 e. The first-order valence-corrected chi connectivity index (χ1v) is 7.84. The number of nitriles is 1. The van der Waals surface area contributed by atoms with Gasteiger partial charge in [-0.3, -0.25) is 4.79 Å². The molecular weight excluding hydrogens is 333 g/mol. The molecule has 2 aromatic carbocycles. The summed E-state index contributed by atoms with van der Waals surface area (Å²) in [5, 5.41) is 14.8. The topological polar surface area (TPSA) is 69.5 Å². The van der Waals surface area contributed by atoms with Gasteiger partial charge < -0.3 is 10.6 Å². The molecular formula is C17H16Cl2N3O+. The third kappa shape index (κ3) is 4.70. The summed E-state index contributed by atoms with van der Waals surface area (Å²) in [5.41, 5.74) is 1.88. The number of carbonyl (C=O) groups is 1. The van der Waals surface area contributed by atoms with Gasteiger partial charge in [0.1, 0.15) is 12.1 Å². The molecule has 2 aromatic rings. The van der Waals surface area contributed by atoms with Crippen molar-refractivity contribution in [1.82, 2.24) is 0 Å². The Morgan fingerprint density at radius 3 is 2.74 bits per heavy atom. The molecule has 0 radical (unpaired) electrons. The van der Waals surface area contributed by atoms with Gasteiger partial charge >= 0.3 is 0 Å². The predicted molar refractivity (Wildman–Crippen MR) is 91.5 cm³/mol. The van der Waals surface area contributed by atoms with E-state index in [1.165, 1.54) is 0 Å². The van der Waals surface area contributed by atoms with Crippen molar-refractivity contribution >= 4 is 34.8 Å². The second kappa shape index (κ2) is 7.98. The summed E-state index contributed by atoms with van der Waals surface area (Å²) in [6, 6.07) is 14.3. The lowest BCUT2D eigenvalue weighted by Gasteiger charge is -2.13. The van der Waals surface area contributed by atoms with Gasteiger partial charge in [0, 0.05) is 10.6 Å². The molecule has 0 aliphatic carbocycles. The van der Waals surface area contributed by atoms with Crippen molar-refractivity contribution in [2.45, 2.75) is 13.0 Å². The third-order valence-electron chi connectivity index (χ3n) is 3.43. The zero-order valence-electron chi connectivity index (χ0n) is 12.5. The normalized spacial score (nSPS) is 11.6. The van der Waals surface area contributed by atoms with Gasteiger partial charge in [0.05, 0.1) is 16.3 Å². The molecule has 0 unspecified atom stereocenters. The predicted octanol–water partition coefficient (Wildman–Crippen LogP) is 3.13. The number of quaternary nitrogens is 1. The molecule has 2 rings (SSSR count). The molecule has 0 saturated heterocycles. The van der Waals surface area contributed by atoms with E-state index >= 15 is 0 Å². The van der Waals surface area contributed by atoms with Crippen molar-refractivity contribution in [3.8, 4) is 6.07 Å². The number of rotatable bonds is 5. The molecule has 0 bridgehead atoms. The van der Waals surface area contributed by atoms with E-state index in [1.54, 1.807) is 36.4 Å². The highest BCUT2D eigenvalue weighted by Gasteiger charge is 2.15. The smallest absolute Gasteiger partial charge is 0.279 e. The van der Waals surface area contributed by atoms with Gasteiger partial charge in [-0.1, -0.05) is 41.4 Å². The highest BCUT2D eigenvalue weighted by molar-refractivity contribution is 6.35. The number of amides is 1. The Balaban J connectivity index is 1.95. The summed E-state index contributed by atoms with van der Waals surface area (Å²) >= 11 is 12.1. The number of anilines is 1. The number of halogens is 2. The number of nitrogens with one attached hydrogen (secondary N) is 1. The standard InChI is InChI=1S/C17H15Cl2N3O/c1-11(14-7-6-13(18)8-15(14)19)21-10-17(23)22-16-5-3-2-4-12(16)9-20/h2-8,11,21H,10H2,1H3,(H,22,23)/p+1/t11-/m0/s1. The molecule has 3 N–H and O–H groups in total. The Morgan fingerprint density at radius 1 is 1.30 bits per heavy atom. The minimum Gasteiger partial charge on any atom is -0.332 e. The molecule has 1 amide bonds. The molecule has 23 heavy (non-hydrogen) atoms. The quantitative estimate of drug-likeness (QED) is 0.871. The minimum absolute atomic E-state index is 0.0109. The van der Waals surface area contributed by atoms with E-state index < -0.39 is 0 Å². The van der Waals surface area contributed by atoms with Crippen LogP contribution in [0.15, 0.2) is 42.5 Å². The van der Waals surface area contributed by atoms with Gasteiger partial charge in [-0.05, 0) is 31.2 Å². The number of hydrogen-bond acceptors (Lipinski definition) is 2. The summed E-state index contributed by atoms with van der Waals surface area (Å²) in [6.07, 6.45) is 0. The monoisotopic (exact) mass is 348 g/mol. The fraction of sp³-hybridized carbons (Fsp3) is 0.176. The number of nitrogens with two attached hydrogens (primary N) is 1. The van der Waals surface area contributed by atoms with Crippen LogP contribution in [0.2, 0.25) is 10.0 Å². The van der Waals surface area contributed by atoms with Crippen molar-refractivity contribution in [2.24, 2.45) is 0 Å². The molecule has 118 valence electrons. The molecule has 0 aliphatic rings. The van der Waals surface area contributed by atoms with Gasteiger partial charge in [-0.2, -0.15) is 5.26 Å². The highest BCUT2D eigenvalue weighted by atomic mass is 35.5. The van der Waals surface area contributed by atoms with Crippen molar-refractivity contribution in [1.29, 1.82) is 5.26 Å². The van der Waals surface area contributed by atoms with Gasteiger partial charge in [0.15, 0.2) is 6.54 Å². The van der Waals surface area contributed by atoms with Crippen LogP contribution >= 0.6 is 23.2 Å². The van der Waals surface area contributed by atoms with Crippen molar-refractivity contribution in [2.75, 3.05) is 11.9 Å². The van der Waals surface area contributed by atoms with Crippen LogP contribution in [0.4, 0.5) is 5.69 Å². The summed E-state index contributed by atoms with van der Waals surface area (Å²) < 4.78 is 0. The fourth-order valence-electron chi connectivity index (χ4n) is 2.17.